The summed E-state index contributed by atoms with van der Waals surface area (Å²) in [4.78, 5) is 18.9. The van der Waals surface area contributed by atoms with E-state index >= 15 is 0 Å². The number of aromatic nitrogens is 2. The van der Waals surface area contributed by atoms with Crippen LogP contribution < -0.4 is 16.6 Å². The number of aliphatic hydroxyl groups is 1. The SMILES string of the molecule is CC(O)C(C)(C)Nc1nc2ccc(N)cc2c(=O)[nH]1. The predicted molar refractivity (Wildman–Crippen MR) is 76.2 cm³/mol. The van der Waals surface area contributed by atoms with Crippen LogP contribution >= 0.6 is 0 Å². The Labute approximate surface area is 110 Å². The van der Waals surface area contributed by atoms with Crippen LogP contribution in [0.5, 0.6) is 0 Å². The number of aromatic amines is 1. The van der Waals surface area contributed by atoms with E-state index in [-0.39, 0.29) is 5.56 Å². The highest BCUT2D eigenvalue weighted by Gasteiger charge is 2.24. The third-order valence-corrected chi connectivity index (χ3v) is 3.21. The first-order chi connectivity index (χ1) is 8.79. The van der Waals surface area contributed by atoms with E-state index in [1.165, 1.54) is 0 Å². The lowest BCUT2D eigenvalue weighted by Crippen LogP contribution is -2.42. The summed E-state index contributed by atoms with van der Waals surface area (Å²) in [5.74, 6) is 0.327. The number of anilines is 2. The highest BCUT2D eigenvalue weighted by molar-refractivity contribution is 5.81. The average Bonchev–Trinajstić information content (AvgIpc) is 2.29. The number of rotatable bonds is 3. The number of hydrogen-bond donors (Lipinski definition) is 4. The molecule has 0 aliphatic heterocycles. The number of nitrogens with zero attached hydrogens (tertiary/aromatic N) is 1. The van der Waals surface area contributed by atoms with Crippen molar-refractivity contribution in [2.75, 3.05) is 11.1 Å². The minimum atomic E-state index is -0.600. The molecule has 5 N–H and O–H groups in total. The van der Waals surface area contributed by atoms with Crippen LogP contribution in [-0.4, -0.2) is 26.7 Å². The van der Waals surface area contributed by atoms with Crippen molar-refractivity contribution in [3.05, 3.63) is 28.6 Å². The first kappa shape index (κ1) is 13.4. The van der Waals surface area contributed by atoms with E-state index in [0.717, 1.165) is 0 Å². The molecule has 1 aromatic carbocycles. The molecule has 102 valence electrons. The first-order valence-electron chi connectivity index (χ1n) is 6.05. The third-order valence-electron chi connectivity index (χ3n) is 3.21. The van der Waals surface area contributed by atoms with E-state index < -0.39 is 11.6 Å². The summed E-state index contributed by atoms with van der Waals surface area (Å²) in [5, 5.41) is 13.1. The molecule has 0 bridgehead atoms. The maximum absolute atomic E-state index is 12.0. The molecule has 1 aromatic heterocycles. The zero-order chi connectivity index (χ0) is 14.2. The summed E-state index contributed by atoms with van der Waals surface area (Å²) >= 11 is 0. The fourth-order valence-electron chi connectivity index (χ4n) is 1.63. The summed E-state index contributed by atoms with van der Waals surface area (Å²) in [6.07, 6.45) is -0.597. The molecule has 0 aliphatic carbocycles. The second-order valence-electron chi connectivity index (χ2n) is 5.21. The zero-order valence-corrected chi connectivity index (χ0v) is 11.2. The molecule has 0 amide bonds. The van der Waals surface area contributed by atoms with E-state index in [2.05, 4.69) is 15.3 Å². The molecule has 1 heterocycles. The van der Waals surface area contributed by atoms with Gasteiger partial charge in [0.1, 0.15) is 0 Å². The monoisotopic (exact) mass is 262 g/mol. The highest BCUT2D eigenvalue weighted by Crippen LogP contribution is 2.17. The van der Waals surface area contributed by atoms with Crippen LogP contribution in [0.25, 0.3) is 10.9 Å². The second-order valence-corrected chi connectivity index (χ2v) is 5.21. The number of aliphatic hydroxyl groups excluding tert-OH is 1. The number of nitrogen functional groups attached to an aromatic ring is 1. The molecular weight excluding hydrogens is 244 g/mol. The van der Waals surface area contributed by atoms with Gasteiger partial charge >= 0.3 is 0 Å². The van der Waals surface area contributed by atoms with E-state index in [9.17, 15) is 9.90 Å². The van der Waals surface area contributed by atoms with Crippen molar-refractivity contribution in [2.24, 2.45) is 0 Å². The Bertz CT molecular complexity index is 661. The smallest absolute Gasteiger partial charge is 0.260 e. The molecule has 1 unspecified atom stereocenters. The summed E-state index contributed by atoms with van der Waals surface area (Å²) in [5.41, 5.74) is 5.86. The van der Waals surface area contributed by atoms with Crippen LogP contribution in [0.1, 0.15) is 20.8 Å². The van der Waals surface area contributed by atoms with Crippen molar-refractivity contribution in [1.82, 2.24) is 9.97 Å². The molecule has 2 rings (SSSR count). The van der Waals surface area contributed by atoms with Crippen molar-refractivity contribution >= 4 is 22.5 Å². The van der Waals surface area contributed by atoms with Gasteiger partial charge in [-0.15, -0.1) is 0 Å². The van der Waals surface area contributed by atoms with E-state index in [1.54, 1.807) is 25.1 Å². The molecule has 0 fully saturated rings. The van der Waals surface area contributed by atoms with Gasteiger partial charge in [0, 0.05) is 5.69 Å². The van der Waals surface area contributed by atoms with Crippen molar-refractivity contribution in [1.29, 1.82) is 0 Å². The lowest BCUT2D eigenvalue weighted by Gasteiger charge is -2.29. The maximum atomic E-state index is 12.0. The summed E-state index contributed by atoms with van der Waals surface area (Å²) < 4.78 is 0. The molecular formula is C13H18N4O2. The first-order valence-corrected chi connectivity index (χ1v) is 6.05. The minimum Gasteiger partial charge on any atom is -0.399 e. The Morgan fingerprint density at radius 2 is 2.16 bits per heavy atom. The minimum absolute atomic E-state index is 0.263. The second kappa shape index (κ2) is 4.55. The quantitative estimate of drug-likeness (QED) is 0.620. The Balaban J connectivity index is 2.47. The molecule has 0 aliphatic rings. The van der Waals surface area contributed by atoms with Crippen molar-refractivity contribution < 1.29 is 5.11 Å². The van der Waals surface area contributed by atoms with Gasteiger partial charge in [-0.1, -0.05) is 0 Å². The van der Waals surface area contributed by atoms with Crippen LogP contribution in [-0.2, 0) is 0 Å². The van der Waals surface area contributed by atoms with Crippen molar-refractivity contribution in [3.8, 4) is 0 Å². The van der Waals surface area contributed by atoms with E-state index in [4.69, 9.17) is 5.73 Å². The number of nitrogens with two attached hydrogens (primary N) is 1. The molecule has 6 heteroatoms. The molecule has 0 radical (unpaired) electrons. The van der Waals surface area contributed by atoms with Gasteiger partial charge in [0.05, 0.1) is 22.5 Å². The number of benzene rings is 1. The van der Waals surface area contributed by atoms with Crippen LogP contribution in [0.3, 0.4) is 0 Å². The van der Waals surface area contributed by atoms with Gasteiger partial charge in [-0.25, -0.2) is 4.98 Å². The lowest BCUT2D eigenvalue weighted by atomic mass is 9.99. The van der Waals surface area contributed by atoms with Gasteiger partial charge in [-0.2, -0.15) is 0 Å². The largest absolute Gasteiger partial charge is 0.399 e. The van der Waals surface area contributed by atoms with E-state index in [1.807, 2.05) is 13.8 Å². The predicted octanol–water partition coefficient (Wildman–Crippen LogP) is 1.08. The van der Waals surface area contributed by atoms with Gasteiger partial charge in [0.2, 0.25) is 5.95 Å². The van der Waals surface area contributed by atoms with Crippen LogP contribution in [0.2, 0.25) is 0 Å². The van der Waals surface area contributed by atoms with Crippen molar-refractivity contribution in [3.63, 3.8) is 0 Å². The van der Waals surface area contributed by atoms with E-state index in [0.29, 0.717) is 22.5 Å². The standard InChI is InChI=1S/C13H18N4O2/c1-7(18)13(2,3)17-12-15-10-5-4-8(14)6-9(10)11(19)16-12/h4-7,18H,14H2,1-3H3,(H2,15,16,17,19). The third kappa shape index (κ3) is 2.68. The zero-order valence-electron chi connectivity index (χ0n) is 11.2. The molecule has 0 saturated heterocycles. The Morgan fingerprint density at radius 1 is 1.47 bits per heavy atom. The molecule has 6 nitrogen and oxygen atoms in total. The number of H-pyrrole nitrogens is 1. The maximum Gasteiger partial charge on any atom is 0.260 e. The molecule has 0 spiro atoms. The number of nitrogens with one attached hydrogen (secondary N) is 2. The Hall–Kier alpha value is -2.08. The Morgan fingerprint density at radius 3 is 2.79 bits per heavy atom. The summed E-state index contributed by atoms with van der Waals surface area (Å²) in [6, 6.07) is 4.98. The number of fused-ring (bicyclic) bond motifs is 1. The van der Waals surface area contributed by atoms with Crippen LogP contribution in [0.4, 0.5) is 11.6 Å². The van der Waals surface area contributed by atoms with Gasteiger partial charge in [0.15, 0.2) is 0 Å². The fourth-order valence-corrected chi connectivity index (χ4v) is 1.63. The van der Waals surface area contributed by atoms with Gasteiger partial charge in [0.25, 0.3) is 5.56 Å². The normalized spacial score (nSPS) is 13.5. The molecule has 19 heavy (non-hydrogen) atoms. The summed E-state index contributed by atoms with van der Waals surface area (Å²) in [6.45, 7) is 5.32. The topological polar surface area (TPSA) is 104 Å². The average molecular weight is 262 g/mol. The van der Waals surface area contributed by atoms with Crippen LogP contribution in [0, 0.1) is 0 Å². The van der Waals surface area contributed by atoms with Gasteiger partial charge < -0.3 is 16.2 Å². The van der Waals surface area contributed by atoms with Gasteiger partial charge in [-0.3, -0.25) is 9.78 Å². The fraction of sp³-hybridized carbons (Fsp3) is 0.385. The summed E-state index contributed by atoms with van der Waals surface area (Å²) in [7, 11) is 0. The Kier molecular flexibility index (Phi) is 3.20. The number of hydrogen-bond acceptors (Lipinski definition) is 5. The van der Waals surface area contributed by atoms with Crippen LogP contribution in [0.15, 0.2) is 23.0 Å². The van der Waals surface area contributed by atoms with Gasteiger partial charge in [-0.05, 0) is 39.0 Å². The van der Waals surface area contributed by atoms with Crippen molar-refractivity contribution in [2.45, 2.75) is 32.4 Å². The lowest BCUT2D eigenvalue weighted by molar-refractivity contribution is 0.132. The molecule has 0 saturated carbocycles. The molecule has 1 atom stereocenters. The molecule has 2 aromatic rings. The highest BCUT2D eigenvalue weighted by atomic mass is 16.3.